The average molecular weight is 420 g/mol. The Kier molecular flexibility index (Phi) is 6.54. The van der Waals surface area contributed by atoms with Crippen LogP contribution in [0.1, 0.15) is 56.8 Å². The summed E-state index contributed by atoms with van der Waals surface area (Å²) >= 11 is 0. The van der Waals surface area contributed by atoms with Crippen LogP contribution in [-0.4, -0.2) is 46.5 Å². The second kappa shape index (κ2) is 8.76. The van der Waals surface area contributed by atoms with Crippen molar-refractivity contribution in [3.63, 3.8) is 0 Å². The van der Waals surface area contributed by atoms with Gasteiger partial charge in [-0.1, -0.05) is 30.3 Å². The summed E-state index contributed by atoms with van der Waals surface area (Å²) in [4.78, 5) is 18.6. The number of aromatic amines is 1. The first kappa shape index (κ1) is 21.7. The molecule has 3 heterocycles. The van der Waals surface area contributed by atoms with Crippen molar-refractivity contribution in [2.45, 2.75) is 52.0 Å². The molecule has 7 heteroatoms. The highest BCUT2D eigenvalue weighted by Crippen LogP contribution is 2.53. The first-order valence-electron chi connectivity index (χ1n) is 10.3. The average Bonchev–Trinajstić information content (AvgIpc) is 3.10. The normalized spacial score (nSPS) is 24.5. The van der Waals surface area contributed by atoms with Crippen molar-refractivity contribution in [3.05, 3.63) is 35.5 Å². The standard InChI is InChI=1S/C22H29N3O3.ClH/c1-3-22(14-18(24-27)21(26)28-4-2)11-7-12-25-13-10-16-15-8-5-6-9-17(15)23-19(16)20(22)25;/h5-6,8-9,20,23,27H,3-4,7,10-14H2,1-2H3;1H/b24-18+;/t20-,22-;/m1./s1. The van der Waals surface area contributed by atoms with Crippen molar-refractivity contribution in [1.29, 1.82) is 0 Å². The molecule has 1 fully saturated rings. The largest absolute Gasteiger partial charge is 0.461 e. The van der Waals surface area contributed by atoms with Crippen LogP contribution in [0.5, 0.6) is 0 Å². The Bertz CT molecular complexity index is 910. The van der Waals surface area contributed by atoms with E-state index >= 15 is 0 Å². The van der Waals surface area contributed by atoms with Crippen LogP contribution >= 0.6 is 12.4 Å². The Balaban J connectivity index is 0.00000240. The highest BCUT2D eigenvalue weighted by Gasteiger charge is 2.48. The zero-order valence-corrected chi connectivity index (χ0v) is 17.9. The molecule has 2 N–H and O–H groups in total. The highest BCUT2D eigenvalue weighted by molar-refractivity contribution is 6.36. The molecule has 0 unspecified atom stereocenters. The molecule has 158 valence electrons. The van der Waals surface area contributed by atoms with E-state index in [9.17, 15) is 10.0 Å². The summed E-state index contributed by atoms with van der Waals surface area (Å²) < 4.78 is 5.13. The lowest BCUT2D eigenvalue weighted by molar-refractivity contribution is -0.135. The van der Waals surface area contributed by atoms with Gasteiger partial charge < -0.3 is 14.9 Å². The number of H-pyrrole nitrogens is 1. The van der Waals surface area contributed by atoms with E-state index in [2.05, 4.69) is 46.2 Å². The first-order valence-corrected chi connectivity index (χ1v) is 10.3. The van der Waals surface area contributed by atoms with Crippen LogP contribution in [0.15, 0.2) is 29.4 Å². The number of fused-ring (bicyclic) bond motifs is 5. The molecule has 2 aliphatic heterocycles. The second-order valence-corrected chi connectivity index (χ2v) is 8.01. The van der Waals surface area contributed by atoms with Crippen LogP contribution in [0.4, 0.5) is 0 Å². The van der Waals surface area contributed by atoms with Gasteiger partial charge in [0.1, 0.15) is 0 Å². The molecular formula is C22H30ClN3O3. The maximum absolute atomic E-state index is 12.3. The van der Waals surface area contributed by atoms with Gasteiger partial charge in [0.05, 0.1) is 12.6 Å². The van der Waals surface area contributed by atoms with E-state index < -0.39 is 5.97 Å². The summed E-state index contributed by atoms with van der Waals surface area (Å²) in [5.41, 5.74) is 3.81. The molecule has 0 spiro atoms. The van der Waals surface area contributed by atoms with E-state index in [-0.39, 0.29) is 36.2 Å². The molecule has 2 atom stereocenters. The van der Waals surface area contributed by atoms with Crippen LogP contribution in [0.25, 0.3) is 10.9 Å². The van der Waals surface area contributed by atoms with Gasteiger partial charge in [-0.3, -0.25) is 4.90 Å². The molecule has 1 aromatic carbocycles. The van der Waals surface area contributed by atoms with Crippen molar-refractivity contribution in [3.8, 4) is 0 Å². The number of oxime groups is 1. The van der Waals surface area contributed by atoms with Gasteiger partial charge in [-0.05, 0) is 56.2 Å². The Morgan fingerprint density at radius 1 is 1.34 bits per heavy atom. The van der Waals surface area contributed by atoms with Gasteiger partial charge in [0.15, 0.2) is 5.71 Å². The second-order valence-electron chi connectivity index (χ2n) is 8.01. The molecule has 29 heavy (non-hydrogen) atoms. The van der Waals surface area contributed by atoms with E-state index in [4.69, 9.17) is 4.74 Å². The lowest BCUT2D eigenvalue weighted by Crippen LogP contribution is -2.50. The van der Waals surface area contributed by atoms with E-state index in [0.717, 1.165) is 38.8 Å². The van der Waals surface area contributed by atoms with Gasteiger partial charge in [0.25, 0.3) is 0 Å². The lowest BCUT2D eigenvalue weighted by Gasteiger charge is -2.52. The summed E-state index contributed by atoms with van der Waals surface area (Å²) in [7, 11) is 0. The minimum absolute atomic E-state index is 0. The van der Waals surface area contributed by atoms with Gasteiger partial charge in [-0.2, -0.15) is 0 Å². The van der Waals surface area contributed by atoms with Gasteiger partial charge in [0, 0.05) is 29.6 Å². The number of para-hydroxylation sites is 1. The number of carbonyl (C=O) groups excluding carboxylic acids is 1. The van der Waals surface area contributed by atoms with Crippen molar-refractivity contribution >= 4 is 35.0 Å². The molecule has 6 nitrogen and oxygen atoms in total. The predicted octanol–water partition coefficient (Wildman–Crippen LogP) is 4.46. The molecule has 0 radical (unpaired) electrons. The number of esters is 1. The predicted molar refractivity (Wildman–Crippen MR) is 116 cm³/mol. The third-order valence-corrected chi connectivity index (χ3v) is 6.69. The fraction of sp³-hybridized carbons (Fsp3) is 0.545. The highest BCUT2D eigenvalue weighted by atomic mass is 35.5. The van der Waals surface area contributed by atoms with Crippen molar-refractivity contribution in [2.24, 2.45) is 10.6 Å². The minimum atomic E-state index is -0.511. The Morgan fingerprint density at radius 3 is 2.86 bits per heavy atom. The van der Waals surface area contributed by atoms with E-state index in [1.165, 1.54) is 22.2 Å². The van der Waals surface area contributed by atoms with Crippen molar-refractivity contribution in [2.75, 3.05) is 19.7 Å². The lowest BCUT2D eigenvalue weighted by atomic mass is 9.65. The summed E-state index contributed by atoms with van der Waals surface area (Å²) in [6.45, 7) is 6.31. The van der Waals surface area contributed by atoms with Crippen LogP contribution in [0.3, 0.4) is 0 Å². The number of benzene rings is 1. The fourth-order valence-corrected chi connectivity index (χ4v) is 5.37. The Morgan fingerprint density at radius 2 is 2.14 bits per heavy atom. The third kappa shape index (κ3) is 3.64. The Labute approximate surface area is 177 Å². The number of piperidine rings is 1. The first-order chi connectivity index (χ1) is 13.6. The molecule has 0 saturated carbocycles. The van der Waals surface area contributed by atoms with Crippen LogP contribution in [0, 0.1) is 5.41 Å². The molecule has 2 aliphatic rings. The van der Waals surface area contributed by atoms with E-state index in [0.29, 0.717) is 6.42 Å². The third-order valence-electron chi connectivity index (χ3n) is 6.69. The van der Waals surface area contributed by atoms with Crippen LogP contribution in [0.2, 0.25) is 0 Å². The number of carbonyl (C=O) groups is 1. The number of hydrogen-bond donors (Lipinski definition) is 2. The Hall–Kier alpha value is -2.05. The van der Waals surface area contributed by atoms with Gasteiger partial charge >= 0.3 is 5.97 Å². The quantitative estimate of drug-likeness (QED) is 0.324. The fourth-order valence-electron chi connectivity index (χ4n) is 5.37. The summed E-state index contributed by atoms with van der Waals surface area (Å²) in [5, 5.41) is 14.2. The molecule has 0 aliphatic carbocycles. The molecule has 4 rings (SSSR count). The topological polar surface area (TPSA) is 77.9 Å². The molecule has 2 aromatic rings. The zero-order valence-electron chi connectivity index (χ0n) is 17.1. The minimum Gasteiger partial charge on any atom is -0.461 e. The molecule has 0 amide bonds. The number of hydrogen-bond acceptors (Lipinski definition) is 5. The smallest absolute Gasteiger partial charge is 0.356 e. The van der Waals surface area contributed by atoms with Gasteiger partial charge in [-0.15, -0.1) is 12.4 Å². The van der Waals surface area contributed by atoms with Crippen LogP contribution < -0.4 is 0 Å². The molecule has 0 bridgehead atoms. The van der Waals surface area contributed by atoms with E-state index in [1.54, 1.807) is 6.92 Å². The van der Waals surface area contributed by atoms with Gasteiger partial charge in [-0.25, -0.2) is 4.79 Å². The number of aromatic nitrogens is 1. The maximum Gasteiger partial charge on any atom is 0.356 e. The number of nitrogens with one attached hydrogen (secondary N) is 1. The van der Waals surface area contributed by atoms with Crippen molar-refractivity contribution < 1.29 is 14.7 Å². The summed E-state index contributed by atoms with van der Waals surface area (Å²) in [6, 6.07) is 8.67. The maximum atomic E-state index is 12.3. The summed E-state index contributed by atoms with van der Waals surface area (Å²) in [5.74, 6) is -0.511. The number of nitrogens with zero attached hydrogens (tertiary/aromatic N) is 2. The zero-order chi connectivity index (χ0) is 19.7. The molecule has 1 aromatic heterocycles. The monoisotopic (exact) mass is 419 g/mol. The SMILES string of the molecule is CCOC(=O)/C(C[C@@]1(CC)CCCN2CCc3c([nH]c4ccccc34)[C@@H]21)=N/O.Cl. The van der Waals surface area contributed by atoms with Crippen LogP contribution in [-0.2, 0) is 16.0 Å². The summed E-state index contributed by atoms with van der Waals surface area (Å²) in [6.07, 6.45) is 4.45. The van der Waals surface area contributed by atoms with Crippen molar-refractivity contribution in [1.82, 2.24) is 9.88 Å². The molecular weight excluding hydrogens is 390 g/mol. The number of halogens is 1. The molecule has 1 saturated heterocycles. The number of rotatable bonds is 5. The van der Waals surface area contributed by atoms with Gasteiger partial charge in [0.2, 0.25) is 0 Å². The van der Waals surface area contributed by atoms with E-state index in [1.807, 2.05) is 0 Å². The number of ether oxygens (including phenoxy) is 1.